The van der Waals surface area contributed by atoms with E-state index in [0.717, 1.165) is 30.3 Å². The fraction of sp³-hybridized carbons (Fsp3) is 0.500. The molecule has 0 bridgehead atoms. The minimum atomic E-state index is 0.00900. The van der Waals surface area contributed by atoms with Crippen LogP contribution in [-0.4, -0.2) is 42.6 Å². The van der Waals surface area contributed by atoms with Crippen molar-refractivity contribution in [2.24, 2.45) is 0 Å². The zero-order valence-corrected chi connectivity index (χ0v) is 12.3. The first kappa shape index (κ1) is 14.2. The first-order chi connectivity index (χ1) is 9.20. The van der Waals surface area contributed by atoms with Crippen molar-refractivity contribution in [3.63, 3.8) is 0 Å². The number of hydrogen-bond donors (Lipinski definition) is 2. The van der Waals surface area contributed by atoms with Gasteiger partial charge in [-0.2, -0.15) is 11.8 Å². The summed E-state index contributed by atoms with van der Waals surface area (Å²) in [6, 6.07) is 8.34. The Morgan fingerprint density at radius 2 is 1.89 bits per heavy atom. The summed E-state index contributed by atoms with van der Waals surface area (Å²) in [4.78, 5) is 13.9. The maximum absolute atomic E-state index is 12.0. The molecule has 19 heavy (non-hydrogen) atoms. The van der Waals surface area contributed by atoms with Crippen molar-refractivity contribution in [2.75, 3.05) is 37.0 Å². The van der Waals surface area contributed by atoms with Crippen LogP contribution in [0.5, 0.6) is 0 Å². The molecule has 104 valence electrons. The maximum atomic E-state index is 12.0. The summed E-state index contributed by atoms with van der Waals surface area (Å²) < 4.78 is 0. The second kappa shape index (κ2) is 6.82. The molecule has 1 aliphatic rings. The molecule has 1 aliphatic heterocycles. The van der Waals surface area contributed by atoms with Gasteiger partial charge < -0.3 is 15.5 Å². The number of rotatable bonds is 3. The summed E-state index contributed by atoms with van der Waals surface area (Å²) in [5.74, 6) is 2.07. The van der Waals surface area contributed by atoms with E-state index in [9.17, 15) is 4.79 Å². The Bertz CT molecular complexity index is 415. The van der Waals surface area contributed by atoms with Gasteiger partial charge in [0.05, 0.1) is 0 Å². The third-order valence-corrected chi connectivity index (χ3v) is 4.34. The Labute approximate surface area is 118 Å². The van der Waals surface area contributed by atoms with Crippen LogP contribution in [0.3, 0.4) is 0 Å². The number of thioether (sulfide) groups is 1. The van der Waals surface area contributed by atoms with Gasteiger partial charge in [-0.25, -0.2) is 4.79 Å². The molecule has 2 amide bonds. The van der Waals surface area contributed by atoms with Crippen molar-refractivity contribution in [1.82, 2.24) is 10.2 Å². The molecule has 5 heteroatoms. The smallest absolute Gasteiger partial charge is 0.321 e. The fourth-order valence-electron chi connectivity index (χ4n) is 1.99. The number of benzene rings is 1. The molecular formula is C14H21N3OS. The summed E-state index contributed by atoms with van der Waals surface area (Å²) in [6.07, 6.45) is 0. The largest absolute Gasteiger partial charge is 0.323 e. The maximum Gasteiger partial charge on any atom is 0.321 e. The molecule has 1 aromatic rings. The van der Waals surface area contributed by atoms with Gasteiger partial charge in [0.2, 0.25) is 0 Å². The molecule has 1 saturated heterocycles. The van der Waals surface area contributed by atoms with Crippen molar-refractivity contribution >= 4 is 23.5 Å². The van der Waals surface area contributed by atoms with Gasteiger partial charge >= 0.3 is 6.03 Å². The van der Waals surface area contributed by atoms with Gasteiger partial charge in [-0.1, -0.05) is 12.1 Å². The molecule has 1 heterocycles. The average molecular weight is 279 g/mol. The molecule has 2 rings (SSSR count). The highest BCUT2D eigenvalue weighted by atomic mass is 32.2. The highest BCUT2D eigenvalue weighted by molar-refractivity contribution is 7.99. The number of anilines is 1. The van der Waals surface area contributed by atoms with Crippen molar-refractivity contribution in [1.29, 1.82) is 0 Å². The van der Waals surface area contributed by atoms with Crippen LogP contribution in [0.25, 0.3) is 0 Å². The molecule has 4 nitrogen and oxygen atoms in total. The van der Waals surface area contributed by atoms with Crippen LogP contribution in [-0.2, 0) is 0 Å². The Balaban J connectivity index is 1.93. The summed E-state index contributed by atoms with van der Waals surface area (Å²) in [6.45, 7) is 3.79. The second-order valence-electron chi connectivity index (χ2n) is 4.66. The lowest BCUT2D eigenvalue weighted by Crippen LogP contribution is -2.40. The minimum absolute atomic E-state index is 0.00900. The summed E-state index contributed by atoms with van der Waals surface area (Å²) in [5.41, 5.74) is 2.07. The van der Waals surface area contributed by atoms with E-state index in [2.05, 4.69) is 17.6 Å². The number of nitrogens with zero attached hydrogens (tertiary/aromatic N) is 1. The zero-order valence-electron chi connectivity index (χ0n) is 11.5. The molecule has 1 unspecified atom stereocenters. The number of amides is 2. The highest BCUT2D eigenvalue weighted by Gasteiger charge is 2.16. The fourth-order valence-corrected chi connectivity index (χ4v) is 2.89. The van der Waals surface area contributed by atoms with E-state index >= 15 is 0 Å². The molecule has 0 aromatic heterocycles. The lowest BCUT2D eigenvalue weighted by Gasteiger charge is -2.26. The third kappa shape index (κ3) is 3.88. The van der Waals surface area contributed by atoms with E-state index in [0.29, 0.717) is 6.04 Å². The predicted molar refractivity (Wildman–Crippen MR) is 81.8 cm³/mol. The number of carbonyl (C=O) groups excluding carboxylic acids is 1. The van der Waals surface area contributed by atoms with Gasteiger partial charge in [0.25, 0.3) is 0 Å². The number of urea groups is 1. The minimum Gasteiger partial charge on any atom is -0.323 e. The molecule has 1 fully saturated rings. The number of carbonyl (C=O) groups is 1. The van der Waals surface area contributed by atoms with E-state index in [1.54, 1.807) is 0 Å². The Kier molecular flexibility index (Phi) is 5.10. The van der Waals surface area contributed by atoms with Gasteiger partial charge in [-0.05, 0) is 31.7 Å². The summed E-state index contributed by atoms with van der Waals surface area (Å²) in [5, 5.41) is 6.15. The number of nitrogens with one attached hydrogen (secondary N) is 2. The first-order valence-electron chi connectivity index (χ1n) is 6.61. The molecule has 1 atom stereocenters. The van der Waals surface area contributed by atoms with Crippen molar-refractivity contribution < 1.29 is 4.79 Å². The number of hydrogen-bond acceptors (Lipinski definition) is 3. The summed E-state index contributed by atoms with van der Waals surface area (Å²) >= 11 is 1.90. The average Bonchev–Trinajstić information content (AvgIpc) is 2.48. The molecule has 0 aliphatic carbocycles. The normalized spacial score (nSPS) is 17.1. The second-order valence-corrected chi connectivity index (χ2v) is 5.89. The zero-order chi connectivity index (χ0) is 13.7. The van der Waals surface area contributed by atoms with Gasteiger partial charge in [0, 0.05) is 36.3 Å². The van der Waals surface area contributed by atoms with E-state index in [1.807, 2.05) is 48.0 Å². The van der Waals surface area contributed by atoms with Crippen molar-refractivity contribution in [3.05, 3.63) is 29.8 Å². The third-order valence-electron chi connectivity index (χ3n) is 3.39. The molecule has 0 saturated carbocycles. The molecular weight excluding hydrogens is 258 g/mol. The first-order valence-corrected chi connectivity index (χ1v) is 7.77. The lowest BCUT2D eigenvalue weighted by atomic mass is 10.1. The van der Waals surface area contributed by atoms with Crippen LogP contribution < -0.4 is 10.6 Å². The molecule has 0 spiro atoms. The SMILES string of the molecule is CNC(C)c1ccc(NC(=O)N2CCSCC2)cc1. The Morgan fingerprint density at radius 1 is 1.26 bits per heavy atom. The monoisotopic (exact) mass is 279 g/mol. The predicted octanol–water partition coefficient (Wildman–Crippen LogP) is 2.55. The Hall–Kier alpha value is -1.20. The van der Waals surface area contributed by atoms with E-state index in [4.69, 9.17) is 0 Å². The van der Waals surface area contributed by atoms with Gasteiger partial charge in [-0.3, -0.25) is 0 Å². The van der Waals surface area contributed by atoms with Gasteiger partial charge in [0.15, 0.2) is 0 Å². The topological polar surface area (TPSA) is 44.4 Å². The van der Waals surface area contributed by atoms with Crippen LogP contribution in [0.2, 0.25) is 0 Å². The van der Waals surface area contributed by atoms with Crippen LogP contribution in [0.4, 0.5) is 10.5 Å². The standard InChI is InChI=1S/C14H21N3OS/c1-11(15-2)12-3-5-13(6-4-12)16-14(18)17-7-9-19-10-8-17/h3-6,11,15H,7-10H2,1-2H3,(H,16,18). The van der Waals surface area contributed by atoms with Crippen LogP contribution in [0.15, 0.2) is 24.3 Å². The van der Waals surface area contributed by atoms with Gasteiger partial charge in [-0.15, -0.1) is 0 Å². The quantitative estimate of drug-likeness (QED) is 0.893. The van der Waals surface area contributed by atoms with Crippen molar-refractivity contribution in [2.45, 2.75) is 13.0 Å². The molecule has 0 radical (unpaired) electrons. The Morgan fingerprint density at radius 3 is 2.47 bits per heavy atom. The van der Waals surface area contributed by atoms with Crippen LogP contribution >= 0.6 is 11.8 Å². The highest BCUT2D eigenvalue weighted by Crippen LogP contribution is 2.17. The van der Waals surface area contributed by atoms with E-state index < -0.39 is 0 Å². The molecule has 1 aromatic carbocycles. The van der Waals surface area contributed by atoms with Crippen molar-refractivity contribution in [3.8, 4) is 0 Å². The van der Waals surface area contributed by atoms with E-state index in [-0.39, 0.29) is 6.03 Å². The molecule has 2 N–H and O–H groups in total. The van der Waals surface area contributed by atoms with E-state index in [1.165, 1.54) is 5.56 Å². The van der Waals surface area contributed by atoms with Crippen LogP contribution in [0.1, 0.15) is 18.5 Å². The summed E-state index contributed by atoms with van der Waals surface area (Å²) in [7, 11) is 1.94. The van der Waals surface area contributed by atoms with Gasteiger partial charge in [0.1, 0.15) is 0 Å². The van der Waals surface area contributed by atoms with Crippen LogP contribution in [0, 0.1) is 0 Å². The lowest BCUT2D eigenvalue weighted by molar-refractivity contribution is 0.217.